The molecule has 0 aliphatic heterocycles. The number of carbonyl (C=O) groups is 2. The summed E-state index contributed by atoms with van der Waals surface area (Å²) in [7, 11) is 5.40. The fourth-order valence-corrected chi connectivity index (χ4v) is 1.58. The first kappa shape index (κ1) is 13.8. The Hall–Kier alpha value is -2.24. The quantitative estimate of drug-likeness (QED) is 0.582. The highest BCUT2D eigenvalue weighted by Crippen LogP contribution is 2.41. The second-order valence-electron chi connectivity index (χ2n) is 3.22. The van der Waals surface area contributed by atoms with E-state index in [1.54, 1.807) is 0 Å². The summed E-state index contributed by atoms with van der Waals surface area (Å²) in [6.07, 6.45) is 0.525. The average molecular weight is 254 g/mol. The largest absolute Gasteiger partial charge is 0.493 e. The third kappa shape index (κ3) is 2.22. The van der Waals surface area contributed by atoms with Gasteiger partial charge < -0.3 is 18.9 Å². The van der Waals surface area contributed by atoms with Crippen LogP contribution < -0.4 is 14.2 Å². The Kier molecular flexibility index (Phi) is 4.53. The topological polar surface area (TPSA) is 71.1 Å². The highest BCUT2D eigenvalue weighted by atomic mass is 16.5. The summed E-state index contributed by atoms with van der Waals surface area (Å²) < 4.78 is 19.9. The van der Waals surface area contributed by atoms with Crippen LogP contribution in [-0.2, 0) is 4.74 Å². The van der Waals surface area contributed by atoms with Crippen molar-refractivity contribution in [3.63, 3.8) is 0 Å². The van der Waals surface area contributed by atoms with Crippen molar-refractivity contribution >= 4 is 12.3 Å². The number of hydrogen-bond donors (Lipinski definition) is 0. The Morgan fingerprint density at radius 1 is 1.06 bits per heavy atom. The number of aldehydes is 1. The molecular weight excluding hydrogens is 240 g/mol. The maximum Gasteiger partial charge on any atom is 0.342 e. The van der Waals surface area contributed by atoms with Crippen molar-refractivity contribution in [1.82, 2.24) is 0 Å². The standard InChI is InChI=1S/C12H14O6/c1-15-8-5-7(6-13)9(12(14)18-4)11(17-3)10(8)16-2/h5-6H,1-4H3. The molecule has 0 spiro atoms. The minimum Gasteiger partial charge on any atom is -0.493 e. The lowest BCUT2D eigenvalue weighted by Gasteiger charge is -2.16. The highest BCUT2D eigenvalue weighted by Gasteiger charge is 2.25. The van der Waals surface area contributed by atoms with E-state index in [4.69, 9.17) is 14.2 Å². The van der Waals surface area contributed by atoms with Crippen LogP contribution in [0.5, 0.6) is 17.2 Å². The first-order chi connectivity index (χ1) is 8.64. The van der Waals surface area contributed by atoms with Gasteiger partial charge in [-0.25, -0.2) is 4.79 Å². The SMILES string of the molecule is COC(=O)c1c(C=O)cc(OC)c(OC)c1OC. The molecule has 0 aromatic heterocycles. The molecule has 98 valence electrons. The number of rotatable bonds is 5. The van der Waals surface area contributed by atoms with Gasteiger partial charge in [-0.1, -0.05) is 0 Å². The van der Waals surface area contributed by atoms with Gasteiger partial charge in [0.2, 0.25) is 5.75 Å². The van der Waals surface area contributed by atoms with E-state index in [0.717, 1.165) is 0 Å². The van der Waals surface area contributed by atoms with Gasteiger partial charge in [-0.2, -0.15) is 0 Å². The van der Waals surface area contributed by atoms with Gasteiger partial charge in [-0.15, -0.1) is 0 Å². The summed E-state index contributed by atoms with van der Waals surface area (Å²) in [6.45, 7) is 0. The summed E-state index contributed by atoms with van der Waals surface area (Å²) in [5.41, 5.74) is 0.115. The molecule has 6 nitrogen and oxygen atoms in total. The summed E-state index contributed by atoms with van der Waals surface area (Å²) in [6, 6.07) is 1.39. The van der Waals surface area contributed by atoms with E-state index < -0.39 is 5.97 Å². The van der Waals surface area contributed by atoms with Crippen molar-refractivity contribution in [3.8, 4) is 17.2 Å². The van der Waals surface area contributed by atoms with Crippen LogP contribution in [-0.4, -0.2) is 40.7 Å². The maximum atomic E-state index is 11.7. The van der Waals surface area contributed by atoms with Crippen LogP contribution in [0.2, 0.25) is 0 Å². The molecule has 0 heterocycles. The molecule has 6 heteroatoms. The van der Waals surface area contributed by atoms with Crippen molar-refractivity contribution in [2.75, 3.05) is 28.4 Å². The minimum absolute atomic E-state index is 0.00708. The highest BCUT2D eigenvalue weighted by molar-refractivity contribution is 6.02. The molecule has 0 saturated carbocycles. The molecule has 0 bridgehead atoms. The van der Waals surface area contributed by atoms with Crippen molar-refractivity contribution in [2.45, 2.75) is 0 Å². The summed E-state index contributed by atoms with van der Waals surface area (Å²) >= 11 is 0. The number of ether oxygens (including phenoxy) is 4. The second kappa shape index (κ2) is 5.90. The Morgan fingerprint density at radius 2 is 1.67 bits per heavy atom. The van der Waals surface area contributed by atoms with Gasteiger partial charge in [-0.3, -0.25) is 4.79 Å². The van der Waals surface area contributed by atoms with Gasteiger partial charge in [0.05, 0.1) is 28.4 Å². The molecule has 0 saturated heterocycles. The van der Waals surface area contributed by atoms with Crippen LogP contribution in [0.1, 0.15) is 20.7 Å². The zero-order chi connectivity index (χ0) is 13.7. The Bertz CT molecular complexity index is 466. The smallest absolute Gasteiger partial charge is 0.342 e. The fourth-order valence-electron chi connectivity index (χ4n) is 1.58. The first-order valence-electron chi connectivity index (χ1n) is 5.01. The molecule has 0 aliphatic rings. The Labute approximate surface area is 104 Å². The monoisotopic (exact) mass is 254 g/mol. The number of methoxy groups -OCH3 is 4. The molecule has 0 amide bonds. The molecule has 0 N–H and O–H groups in total. The molecule has 1 aromatic rings. The summed E-state index contributed by atoms with van der Waals surface area (Å²) in [5.74, 6) is -0.0594. The van der Waals surface area contributed by atoms with Gasteiger partial charge in [0.25, 0.3) is 0 Å². The number of hydrogen-bond acceptors (Lipinski definition) is 6. The van der Waals surface area contributed by atoms with E-state index >= 15 is 0 Å². The molecule has 0 unspecified atom stereocenters. The third-order valence-electron chi connectivity index (χ3n) is 2.38. The van der Waals surface area contributed by atoms with E-state index in [1.165, 1.54) is 34.5 Å². The number of benzene rings is 1. The van der Waals surface area contributed by atoms with Gasteiger partial charge >= 0.3 is 5.97 Å². The molecule has 1 rings (SSSR count). The van der Waals surface area contributed by atoms with Crippen molar-refractivity contribution in [3.05, 3.63) is 17.2 Å². The Morgan fingerprint density at radius 3 is 2.06 bits per heavy atom. The van der Waals surface area contributed by atoms with E-state index in [9.17, 15) is 9.59 Å². The maximum absolute atomic E-state index is 11.7. The second-order valence-corrected chi connectivity index (χ2v) is 3.22. The zero-order valence-electron chi connectivity index (χ0n) is 10.6. The predicted molar refractivity (Wildman–Crippen MR) is 62.8 cm³/mol. The lowest BCUT2D eigenvalue weighted by molar-refractivity contribution is 0.0593. The van der Waals surface area contributed by atoms with Crippen LogP contribution in [0.4, 0.5) is 0 Å². The molecule has 1 aromatic carbocycles. The predicted octanol–water partition coefficient (Wildman–Crippen LogP) is 1.31. The summed E-state index contributed by atoms with van der Waals surface area (Å²) in [5, 5.41) is 0. The fraction of sp³-hybridized carbons (Fsp3) is 0.333. The van der Waals surface area contributed by atoms with Crippen LogP contribution in [0.15, 0.2) is 6.07 Å². The van der Waals surface area contributed by atoms with Crippen molar-refractivity contribution < 1.29 is 28.5 Å². The molecule has 0 aliphatic carbocycles. The molecule has 0 atom stereocenters. The van der Waals surface area contributed by atoms with Gasteiger partial charge in [-0.05, 0) is 6.07 Å². The zero-order valence-corrected chi connectivity index (χ0v) is 10.6. The number of carbonyl (C=O) groups excluding carboxylic acids is 2. The summed E-state index contributed by atoms with van der Waals surface area (Å²) in [4.78, 5) is 22.7. The van der Waals surface area contributed by atoms with Crippen LogP contribution in [0.3, 0.4) is 0 Å². The van der Waals surface area contributed by atoms with E-state index in [0.29, 0.717) is 12.0 Å². The van der Waals surface area contributed by atoms with Gasteiger partial charge in [0, 0.05) is 5.56 Å². The molecular formula is C12H14O6. The third-order valence-corrected chi connectivity index (χ3v) is 2.38. The Balaban J connectivity index is 3.65. The lowest BCUT2D eigenvalue weighted by Crippen LogP contribution is -2.10. The number of esters is 1. The average Bonchev–Trinajstić information content (AvgIpc) is 2.43. The molecule has 0 fully saturated rings. The van der Waals surface area contributed by atoms with Crippen LogP contribution in [0.25, 0.3) is 0 Å². The van der Waals surface area contributed by atoms with Gasteiger partial charge in [0.1, 0.15) is 5.56 Å². The molecule has 18 heavy (non-hydrogen) atoms. The lowest BCUT2D eigenvalue weighted by atomic mass is 10.1. The minimum atomic E-state index is -0.685. The van der Waals surface area contributed by atoms with Crippen molar-refractivity contribution in [2.24, 2.45) is 0 Å². The van der Waals surface area contributed by atoms with Gasteiger partial charge in [0.15, 0.2) is 17.8 Å². The van der Waals surface area contributed by atoms with E-state index in [2.05, 4.69) is 4.74 Å². The van der Waals surface area contributed by atoms with Crippen LogP contribution in [0, 0.1) is 0 Å². The normalized spacial score (nSPS) is 9.56. The van der Waals surface area contributed by atoms with Crippen molar-refractivity contribution in [1.29, 1.82) is 0 Å². The van der Waals surface area contributed by atoms with E-state index in [1.807, 2.05) is 0 Å². The van der Waals surface area contributed by atoms with Crippen LogP contribution >= 0.6 is 0 Å². The van der Waals surface area contributed by atoms with E-state index in [-0.39, 0.29) is 22.6 Å². The molecule has 0 radical (unpaired) electrons. The first-order valence-corrected chi connectivity index (χ1v) is 5.01.